The molecule has 2 heterocycles. The van der Waals surface area contributed by atoms with Gasteiger partial charge in [-0.05, 0) is 12.1 Å². The van der Waals surface area contributed by atoms with Crippen LogP contribution in [0.5, 0.6) is 0 Å². The van der Waals surface area contributed by atoms with Crippen molar-refractivity contribution >= 4 is 40.0 Å². The van der Waals surface area contributed by atoms with Gasteiger partial charge in [0.25, 0.3) is 0 Å². The van der Waals surface area contributed by atoms with Gasteiger partial charge < -0.3 is 20.8 Å². The minimum absolute atomic E-state index is 0.153. The fourth-order valence-electron chi connectivity index (χ4n) is 1.28. The van der Waals surface area contributed by atoms with Crippen LogP contribution < -0.4 is 16.4 Å². The van der Waals surface area contributed by atoms with Gasteiger partial charge in [0.2, 0.25) is 16.9 Å². The summed E-state index contributed by atoms with van der Waals surface area (Å²) in [6, 6.07) is 3.66. The average molecular weight is 327 g/mol. The lowest BCUT2D eigenvalue weighted by atomic mass is 10.4. The third kappa shape index (κ3) is 5.44. The summed E-state index contributed by atoms with van der Waals surface area (Å²) in [5, 5.41) is 14.0. The molecule has 2 aromatic rings. The topological polar surface area (TPSA) is 123 Å². The van der Waals surface area contributed by atoms with Crippen molar-refractivity contribution < 1.29 is 14.0 Å². The van der Waals surface area contributed by atoms with Crippen LogP contribution in [0, 0.1) is 0 Å². The van der Waals surface area contributed by atoms with Crippen molar-refractivity contribution in [2.75, 3.05) is 17.6 Å². The number of hydrogen-bond acceptors (Lipinski definition) is 8. The summed E-state index contributed by atoms with van der Waals surface area (Å²) in [6.45, 7) is 0.358. The fraction of sp³-hybridized carbons (Fsp3) is 0.273. The summed E-state index contributed by atoms with van der Waals surface area (Å²) < 4.78 is 5.84. The number of carbonyl (C=O) groups excluding carboxylic acids is 2. The number of primary amides is 1. The Bertz CT molecular complexity index is 599. The highest BCUT2D eigenvalue weighted by atomic mass is 32.2. The monoisotopic (exact) mass is 327 g/mol. The van der Waals surface area contributed by atoms with Gasteiger partial charge in [-0.3, -0.25) is 9.59 Å². The summed E-state index contributed by atoms with van der Waals surface area (Å²) in [6.07, 6.45) is 1.60. The highest BCUT2D eigenvalue weighted by Crippen LogP contribution is 2.25. The molecule has 0 saturated carbocycles. The Morgan fingerprint density at radius 1 is 1.43 bits per heavy atom. The molecule has 2 rings (SSSR count). The van der Waals surface area contributed by atoms with Gasteiger partial charge in [-0.15, -0.1) is 10.2 Å². The number of amides is 2. The second kappa shape index (κ2) is 7.64. The minimum atomic E-state index is -0.575. The molecule has 0 radical (unpaired) electrons. The minimum Gasteiger partial charge on any atom is -0.467 e. The Hall–Kier alpha value is -2.07. The van der Waals surface area contributed by atoms with Crippen molar-refractivity contribution in [1.82, 2.24) is 15.5 Å². The van der Waals surface area contributed by atoms with Crippen LogP contribution in [0.2, 0.25) is 0 Å². The molecule has 4 N–H and O–H groups in total. The number of hydrogen-bond donors (Lipinski definition) is 3. The van der Waals surface area contributed by atoms with E-state index < -0.39 is 5.91 Å². The zero-order valence-electron chi connectivity index (χ0n) is 10.9. The highest BCUT2D eigenvalue weighted by molar-refractivity contribution is 8.01. The fourth-order valence-corrected chi connectivity index (χ4v) is 2.86. The average Bonchev–Trinajstić information content (AvgIpc) is 3.11. The van der Waals surface area contributed by atoms with Crippen molar-refractivity contribution in [2.45, 2.75) is 10.9 Å². The molecular formula is C11H13N5O3S2. The highest BCUT2D eigenvalue weighted by Gasteiger charge is 2.08. The number of carbonyl (C=O) groups is 2. The third-order valence-corrected chi connectivity index (χ3v) is 4.20. The maximum Gasteiger partial charge on any atom is 0.236 e. The maximum atomic E-state index is 11.4. The van der Waals surface area contributed by atoms with Crippen LogP contribution in [-0.4, -0.2) is 34.3 Å². The smallest absolute Gasteiger partial charge is 0.236 e. The molecule has 112 valence electrons. The third-order valence-electron chi connectivity index (χ3n) is 2.19. The summed E-state index contributed by atoms with van der Waals surface area (Å²) in [5.74, 6) is 0.0955. The van der Waals surface area contributed by atoms with E-state index in [0.717, 1.165) is 5.76 Å². The number of furan rings is 1. The van der Waals surface area contributed by atoms with Crippen molar-refractivity contribution in [2.24, 2.45) is 5.73 Å². The molecule has 0 aromatic carbocycles. The van der Waals surface area contributed by atoms with Gasteiger partial charge in [-0.2, -0.15) is 0 Å². The van der Waals surface area contributed by atoms with E-state index in [4.69, 9.17) is 10.2 Å². The molecule has 2 amide bonds. The van der Waals surface area contributed by atoms with Crippen LogP contribution in [0.1, 0.15) is 5.76 Å². The number of anilines is 1. The van der Waals surface area contributed by atoms with Crippen molar-refractivity contribution in [3.05, 3.63) is 24.2 Å². The maximum absolute atomic E-state index is 11.4. The van der Waals surface area contributed by atoms with Crippen LogP contribution in [0.3, 0.4) is 0 Å². The molecule has 21 heavy (non-hydrogen) atoms. The molecule has 0 aliphatic carbocycles. The van der Waals surface area contributed by atoms with Gasteiger partial charge in [-0.1, -0.05) is 23.1 Å². The van der Waals surface area contributed by atoms with E-state index in [9.17, 15) is 9.59 Å². The number of rotatable bonds is 8. The van der Waals surface area contributed by atoms with E-state index in [0.29, 0.717) is 16.0 Å². The number of thioether (sulfide) groups is 1. The largest absolute Gasteiger partial charge is 0.467 e. The van der Waals surface area contributed by atoms with E-state index in [-0.39, 0.29) is 18.2 Å². The summed E-state index contributed by atoms with van der Waals surface area (Å²) in [4.78, 5) is 21.9. The van der Waals surface area contributed by atoms with Crippen LogP contribution >= 0.6 is 23.1 Å². The van der Waals surface area contributed by atoms with Crippen molar-refractivity contribution in [3.8, 4) is 0 Å². The normalized spacial score (nSPS) is 10.3. The van der Waals surface area contributed by atoms with Gasteiger partial charge in [0.15, 0.2) is 4.34 Å². The SMILES string of the molecule is NC(=O)CNC(=O)CSc1nnc(NCc2ccco2)s1. The second-order valence-corrected chi connectivity index (χ2v) is 6.04. The number of nitrogens with two attached hydrogens (primary N) is 1. The Morgan fingerprint density at radius 2 is 2.29 bits per heavy atom. The molecule has 2 aromatic heterocycles. The molecule has 0 bridgehead atoms. The van der Waals surface area contributed by atoms with Crippen LogP contribution in [0.15, 0.2) is 27.2 Å². The molecule has 10 heteroatoms. The van der Waals surface area contributed by atoms with Gasteiger partial charge in [0, 0.05) is 0 Å². The molecule has 0 saturated heterocycles. The van der Waals surface area contributed by atoms with E-state index in [1.165, 1.54) is 23.1 Å². The lowest BCUT2D eigenvalue weighted by Crippen LogP contribution is -2.34. The van der Waals surface area contributed by atoms with Crippen molar-refractivity contribution in [3.63, 3.8) is 0 Å². The predicted octanol–water partition coefficient (Wildman–Crippen LogP) is 0.437. The Balaban J connectivity index is 1.72. The molecular weight excluding hydrogens is 314 g/mol. The molecule has 0 aliphatic rings. The number of nitrogens with zero attached hydrogens (tertiary/aromatic N) is 2. The first-order valence-electron chi connectivity index (χ1n) is 5.91. The molecule has 8 nitrogen and oxygen atoms in total. The van der Waals surface area contributed by atoms with E-state index in [1.54, 1.807) is 6.26 Å². The molecule has 0 unspecified atom stereocenters. The predicted molar refractivity (Wildman–Crippen MR) is 78.9 cm³/mol. The lowest BCUT2D eigenvalue weighted by Gasteiger charge is -2.00. The zero-order chi connectivity index (χ0) is 15.1. The Labute approximate surface area is 128 Å². The van der Waals surface area contributed by atoms with E-state index in [1.807, 2.05) is 12.1 Å². The van der Waals surface area contributed by atoms with Gasteiger partial charge in [0.05, 0.1) is 25.1 Å². The van der Waals surface area contributed by atoms with E-state index in [2.05, 4.69) is 20.8 Å². The molecule has 0 aliphatic heterocycles. The second-order valence-electron chi connectivity index (χ2n) is 3.84. The zero-order valence-corrected chi connectivity index (χ0v) is 12.5. The van der Waals surface area contributed by atoms with Gasteiger partial charge >= 0.3 is 0 Å². The van der Waals surface area contributed by atoms with Crippen LogP contribution in [-0.2, 0) is 16.1 Å². The van der Waals surface area contributed by atoms with Crippen LogP contribution in [0.4, 0.5) is 5.13 Å². The summed E-state index contributed by atoms with van der Waals surface area (Å²) in [5.41, 5.74) is 4.93. The van der Waals surface area contributed by atoms with Crippen molar-refractivity contribution in [1.29, 1.82) is 0 Å². The quantitative estimate of drug-likeness (QED) is 0.601. The summed E-state index contributed by atoms with van der Waals surface area (Å²) in [7, 11) is 0. The first kappa shape index (κ1) is 15.3. The van der Waals surface area contributed by atoms with Crippen LogP contribution in [0.25, 0.3) is 0 Å². The first-order valence-corrected chi connectivity index (χ1v) is 7.71. The summed E-state index contributed by atoms with van der Waals surface area (Å²) >= 11 is 2.58. The standard InChI is InChI=1S/C11H13N5O3S2/c12-8(17)5-13-9(18)6-20-11-16-15-10(21-11)14-4-7-2-1-3-19-7/h1-3H,4-6H2,(H2,12,17)(H,13,18)(H,14,15). The Kier molecular flexibility index (Phi) is 5.58. The molecule has 0 atom stereocenters. The van der Waals surface area contributed by atoms with Gasteiger partial charge in [0.1, 0.15) is 5.76 Å². The molecule has 0 spiro atoms. The lowest BCUT2D eigenvalue weighted by molar-refractivity contribution is -0.123. The molecule has 0 fully saturated rings. The van der Waals surface area contributed by atoms with E-state index >= 15 is 0 Å². The number of aromatic nitrogens is 2. The first-order chi connectivity index (χ1) is 10.1. The number of nitrogens with one attached hydrogen (secondary N) is 2. The Morgan fingerprint density at radius 3 is 3.00 bits per heavy atom. The van der Waals surface area contributed by atoms with Gasteiger partial charge in [-0.25, -0.2) is 0 Å².